The van der Waals surface area contributed by atoms with Gasteiger partial charge in [-0.15, -0.1) is 0 Å². The number of alkyl carbamates (subject to hydrolysis) is 1. The Bertz CT molecular complexity index is 1060. The van der Waals surface area contributed by atoms with Crippen LogP contribution in [0.1, 0.15) is 55.6 Å². The molecule has 3 aliphatic carbocycles. The van der Waals surface area contributed by atoms with Crippen LogP contribution in [0.2, 0.25) is 0 Å². The fraction of sp³-hybridized carbons (Fsp3) is 0.444. The average molecular weight is 463 g/mol. The predicted octanol–water partition coefficient (Wildman–Crippen LogP) is 4.06. The maximum absolute atomic E-state index is 13.1. The van der Waals surface area contributed by atoms with E-state index in [-0.39, 0.29) is 30.9 Å². The lowest BCUT2D eigenvalue weighted by molar-refractivity contribution is -0.144. The Morgan fingerprint density at radius 2 is 1.56 bits per heavy atom. The van der Waals surface area contributed by atoms with Crippen LogP contribution in [-0.4, -0.2) is 42.3 Å². The summed E-state index contributed by atoms with van der Waals surface area (Å²) in [4.78, 5) is 37.3. The van der Waals surface area contributed by atoms with Gasteiger partial charge in [-0.05, 0) is 53.9 Å². The molecule has 0 aliphatic heterocycles. The van der Waals surface area contributed by atoms with E-state index in [1.54, 1.807) is 0 Å². The Labute approximate surface area is 198 Å². The molecule has 7 nitrogen and oxygen atoms in total. The maximum atomic E-state index is 13.1. The molecule has 178 valence electrons. The molecule has 1 atom stereocenters. The van der Waals surface area contributed by atoms with Crippen LogP contribution in [0.3, 0.4) is 0 Å². The number of nitrogens with one attached hydrogen (secondary N) is 2. The first kappa shape index (κ1) is 22.4. The number of ether oxygens (including phenoxy) is 1. The van der Waals surface area contributed by atoms with Gasteiger partial charge in [-0.2, -0.15) is 0 Å². The van der Waals surface area contributed by atoms with E-state index >= 15 is 0 Å². The Balaban J connectivity index is 1.21. The van der Waals surface area contributed by atoms with E-state index in [0.717, 1.165) is 47.9 Å². The van der Waals surface area contributed by atoms with Crippen LogP contribution in [0.15, 0.2) is 48.5 Å². The van der Waals surface area contributed by atoms with Crippen molar-refractivity contribution in [2.75, 3.05) is 13.2 Å². The third kappa shape index (κ3) is 4.27. The quantitative estimate of drug-likeness (QED) is 0.549. The van der Waals surface area contributed by atoms with Crippen molar-refractivity contribution in [1.29, 1.82) is 0 Å². The molecule has 34 heavy (non-hydrogen) atoms. The van der Waals surface area contributed by atoms with E-state index in [9.17, 15) is 19.5 Å². The molecule has 0 bridgehead atoms. The second-order valence-corrected chi connectivity index (χ2v) is 9.79. The van der Waals surface area contributed by atoms with E-state index in [1.165, 1.54) is 0 Å². The molecule has 2 aromatic rings. The van der Waals surface area contributed by atoms with Crippen LogP contribution < -0.4 is 10.6 Å². The van der Waals surface area contributed by atoms with Gasteiger partial charge in [0.05, 0.1) is 5.41 Å². The van der Waals surface area contributed by atoms with Gasteiger partial charge >= 0.3 is 12.1 Å². The SMILES string of the molecule is O=C(NCC1(C(=O)NC(C(=O)O)C2CC2)CCCC1)OCC1c2ccccc2-c2ccccc21. The number of carboxylic acid groups (broad SMARTS) is 1. The molecule has 0 aromatic heterocycles. The lowest BCUT2D eigenvalue weighted by Crippen LogP contribution is -2.52. The molecule has 7 heteroatoms. The molecule has 2 saturated carbocycles. The number of hydrogen-bond acceptors (Lipinski definition) is 4. The molecule has 2 amide bonds. The van der Waals surface area contributed by atoms with Gasteiger partial charge in [0.1, 0.15) is 12.6 Å². The monoisotopic (exact) mass is 462 g/mol. The summed E-state index contributed by atoms with van der Waals surface area (Å²) in [5, 5.41) is 15.0. The topological polar surface area (TPSA) is 105 Å². The highest BCUT2D eigenvalue weighted by Gasteiger charge is 2.45. The largest absolute Gasteiger partial charge is 0.480 e. The Hall–Kier alpha value is -3.35. The first-order valence-corrected chi connectivity index (χ1v) is 12.1. The first-order valence-electron chi connectivity index (χ1n) is 12.1. The summed E-state index contributed by atoms with van der Waals surface area (Å²) in [7, 11) is 0. The Kier molecular flexibility index (Phi) is 6.02. The van der Waals surface area contributed by atoms with Crippen molar-refractivity contribution >= 4 is 18.0 Å². The first-order chi connectivity index (χ1) is 16.5. The van der Waals surface area contributed by atoms with E-state index in [1.807, 2.05) is 24.3 Å². The standard InChI is InChI=1S/C27H30N2O5/c30-24(31)23(17-11-12-17)29-25(32)27(13-5-6-14-27)16-28-26(33)34-15-22-20-9-3-1-7-18(20)19-8-2-4-10-21(19)22/h1-4,7-10,17,22-23H,5-6,11-16H2,(H,28,33)(H,29,32)(H,30,31). The van der Waals surface area contributed by atoms with Crippen molar-refractivity contribution in [2.45, 2.75) is 50.5 Å². The normalized spacial score (nSPS) is 19.1. The number of carbonyl (C=O) groups excluding carboxylic acids is 2. The van der Waals surface area contributed by atoms with Gasteiger partial charge in [0.2, 0.25) is 5.91 Å². The van der Waals surface area contributed by atoms with Gasteiger partial charge in [-0.1, -0.05) is 61.4 Å². The summed E-state index contributed by atoms with van der Waals surface area (Å²) in [5.41, 5.74) is 3.83. The molecular weight excluding hydrogens is 432 g/mol. The van der Waals surface area contributed by atoms with E-state index < -0.39 is 23.5 Å². The lowest BCUT2D eigenvalue weighted by atomic mass is 9.84. The summed E-state index contributed by atoms with van der Waals surface area (Å²) in [6, 6.07) is 15.5. The van der Waals surface area contributed by atoms with Crippen molar-refractivity contribution in [3.05, 3.63) is 59.7 Å². The van der Waals surface area contributed by atoms with Crippen LogP contribution in [0, 0.1) is 11.3 Å². The highest BCUT2D eigenvalue weighted by Crippen LogP contribution is 2.44. The van der Waals surface area contributed by atoms with Gasteiger partial charge in [0.15, 0.2) is 0 Å². The second-order valence-electron chi connectivity index (χ2n) is 9.79. The number of aliphatic carboxylic acids is 1. The molecule has 2 aromatic carbocycles. The van der Waals surface area contributed by atoms with Gasteiger partial charge in [0.25, 0.3) is 0 Å². The maximum Gasteiger partial charge on any atom is 0.407 e. The fourth-order valence-electron chi connectivity index (χ4n) is 5.53. The van der Waals surface area contributed by atoms with Crippen molar-refractivity contribution in [2.24, 2.45) is 11.3 Å². The lowest BCUT2D eigenvalue weighted by Gasteiger charge is -2.29. The zero-order valence-corrected chi connectivity index (χ0v) is 19.1. The van der Waals surface area contributed by atoms with E-state index in [0.29, 0.717) is 12.8 Å². The van der Waals surface area contributed by atoms with Crippen molar-refractivity contribution in [1.82, 2.24) is 10.6 Å². The van der Waals surface area contributed by atoms with Crippen LogP contribution >= 0.6 is 0 Å². The van der Waals surface area contributed by atoms with Crippen molar-refractivity contribution < 1.29 is 24.2 Å². The Morgan fingerprint density at radius 3 is 2.12 bits per heavy atom. The average Bonchev–Trinajstić information content (AvgIpc) is 3.47. The number of hydrogen-bond donors (Lipinski definition) is 3. The molecular formula is C27H30N2O5. The van der Waals surface area contributed by atoms with Gasteiger partial charge in [0, 0.05) is 12.5 Å². The Morgan fingerprint density at radius 1 is 0.971 bits per heavy atom. The molecule has 1 unspecified atom stereocenters. The molecule has 0 radical (unpaired) electrons. The van der Waals surface area contributed by atoms with Gasteiger partial charge in [-0.25, -0.2) is 9.59 Å². The summed E-state index contributed by atoms with van der Waals surface area (Å²) in [5.74, 6) is -1.29. The molecule has 0 spiro atoms. The number of benzene rings is 2. The number of rotatable bonds is 8. The van der Waals surface area contributed by atoms with Crippen molar-refractivity contribution in [3.63, 3.8) is 0 Å². The minimum Gasteiger partial charge on any atom is -0.480 e. The highest BCUT2D eigenvalue weighted by atomic mass is 16.5. The van der Waals surface area contributed by atoms with Gasteiger partial charge in [-0.3, -0.25) is 4.79 Å². The number of carbonyl (C=O) groups is 3. The number of amides is 2. The van der Waals surface area contributed by atoms with Crippen molar-refractivity contribution in [3.8, 4) is 11.1 Å². The summed E-state index contributed by atoms with van der Waals surface area (Å²) < 4.78 is 5.62. The molecule has 3 aliphatic rings. The minimum atomic E-state index is -0.992. The van der Waals surface area contributed by atoms with Crippen LogP contribution in [0.4, 0.5) is 4.79 Å². The van der Waals surface area contributed by atoms with Crippen LogP contribution in [0.5, 0.6) is 0 Å². The molecule has 2 fully saturated rings. The second kappa shape index (κ2) is 9.12. The molecule has 0 saturated heterocycles. The van der Waals surface area contributed by atoms with Crippen LogP contribution in [0.25, 0.3) is 11.1 Å². The molecule has 3 N–H and O–H groups in total. The summed E-state index contributed by atoms with van der Waals surface area (Å²) >= 11 is 0. The number of carboxylic acids is 1. The third-order valence-corrected chi connectivity index (χ3v) is 7.60. The smallest absolute Gasteiger partial charge is 0.407 e. The van der Waals surface area contributed by atoms with E-state index in [2.05, 4.69) is 34.9 Å². The third-order valence-electron chi connectivity index (χ3n) is 7.60. The zero-order valence-electron chi connectivity index (χ0n) is 19.1. The van der Waals surface area contributed by atoms with E-state index in [4.69, 9.17) is 4.74 Å². The highest BCUT2D eigenvalue weighted by molar-refractivity contribution is 5.88. The van der Waals surface area contributed by atoms with Crippen LogP contribution in [-0.2, 0) is 14.3 Å². The molecule has 5 rings (SSSR count). The predicted molar refractivity (Wildman–Crippen MR) is 126 cm³/mol. The fourth-order valence-corrected chi connectivity index (χ4v) is 5.53. The molecule has 0 heterocycles. The van der Waals surface area contributed by atoms with Gasteiger partial charge < -0.3 is 20.5 Å². The summed E-state index contributed by atoms with van der Waals surface area (Å²) in [6.07, 6.45) is 4.09. The summed E-state index contributed by atoms with van der Waals surface area (Å²) in [6.45, 7) is 0.355. The number of fused-ring (bicyclic) bond motifs is 3. The zero-order chi connectivity index (χ0) is 23.7. The minimum absolute atomic E-state index is 0.00925.